The summed E-state index contributed by atoms with van der Waals surface area (Å²) in [6, 6.07) is 12.7. The molecule has 100 valence electrons. The summed E-state index contributed by atoms with van der Waals surface area (Å²) in [7, 11) is 0. The fourth-order valence-electron chi connectivity index (χ4n) is 1.84. The van der Waals surface area contributed by atoms with Crippen molar-refractivity contribution in [3.05, 3.63) is 58.7 Å². The standard InChI is InChI=1S/C14H10Cl2N4/c15-10-3-1-9(2-4-10)13-8-20(19-18-13)14-6-5-11(17)7-12(14)16/h1-8H,17H2. The van der Waals surface area contributed by atoms with E-state index >= 15 is 0 Å². The SMILES string of the molecule is Nc1ccc(-n2cc(-c3ccc(Cl)cc3)nn2)c(Cl)c1. The molecule has 3 aromatic rings. The molecule has 2 aromatic carbocycles. The van der Waals surface area contributed by atoms with Crippen LogP contribution in [0.4, 0.5) is 5.69 Å². The number of nitrogens with zero attached hydrogens (tertiary/aromatic N) is 3. The second-order valence-electron chi connectivity index (χ2n) is 4.27. The van der Waals surface area contributed by atoms with Crippen LogP contribution in [0, 0.1) is 0 Å². The van der Waals surface area contributed by atoms with Gasteiger partial charge in [-0.05, 0) is 30.3 Å². The van der Waals surface area contributed by atoms with Gasteiger partial charge in [0.15, 0.2) is 0 Å². The van der Waals surface area contributed by atoms with Gasteiger partial charge >= 0.3 is 0 Å². The second-order valence-corrected chi connectivity index (χ2v) is 5.11. The van der Waals surface area contributed by atoms with Crippen molar-refractivity contribution in [1.29, 1.82) is 0 Å². The Morgan fingerprint density at radius 3 is 2.45 bits per heavy atom. The second kappa shape index (κ2) is 5.15. The zero-order valence-electron chi connectivity index (χ0n) is 10.3. The van der Waals surface area contributed by atoms with E-state index in [2.05, 4.69) is 10.3 Å². The first kappa shape index (κ1) is 13.0. The van der Waals surface area contributed by atoms with E-state index in [1.54, 1.807) is 29.1 Å². The molecule has 0 spiro atoms. The molecular formula is C14H10Cl2N4. The normalized spacial score (nSPS) is 10.7. The van der Waals surface area contributed by atoms with Gasteiger partial charge in [-0.1, -0.05) is 40.5 Å². The number of benzene rings is 2. The monoisotopic (exact) mass is 304 g/mol. The molecule has 0 radical (unpaired) electrons. The van der Waals surface area contributed by atoms with Crippen molar-refractivity contribution < 1.29 is 0 Å². The Labute approximate surface area is 125 Å². The van der Waals surface area contributed by atoms with E-state index in [0.29, 0.717) is 15.7 Å². The van der Waals surface area contributed by atoms with Gasteiger partial charge in [0.2, 0.25) is 0 Å². The van der Waals surface area contributed by atoms with Crippen molar-refractivity contribution in [2.24, 2.45) is 0 Å². The topological polar surface area (TPSA) is 56.7 Å². The van der Waals surface area contributed by atoms with E-state index in [9.17, 15) is 0 Å². The molecule has 0 saturated carbocycles. The molecule has 0 bridgehead atoms. The number of nitrogens with two attached hydrogens (primary N) is 1. The lowest BCUT2D eigenvalue weighted by Gasteiger charge is -2.03. The minimum absolute atomic E-state index is 0.526. The van der Waals surface area contributed by atoms with Gasteiger partial charge in [-0.25, -0.2) is 4.68 Å². The van der Waals surface area contributed by atoms with E-state index < -0.39 is 0 Å². The molecule has 0 unspecified atom stereocenters. The highest BCUT2D eigenvalue weighted by Crippen LogP contribution is 2.24. The summed E-state index contributed by atoms with van der Waals surface area (Å²) < 4.78 is 1.62. The van der Waals surface area contributed by atoms with E-state index in [0.717, 1.165) is 16.9 Å². The van der Waals surface area contributed by atoms with Crippen LogP contribution in [0.15, 0.2) is 48.7 Å². The molecule has 0 aliphatic rings. The van der Waals surface area contributed by atoms with Gasteiger partial charge in [-0.2, -0.15) is 0 Å². The predicted molar refractivity (Wildman–Crippen MR) is 81.2 cm³/mol. The van der Waals surface area contributed by atoms with Gasteiger partial charge in [0.25, 0.3) is 0 Å². The smallest absolute Gasteiger partial charge is 0.113 e. The highest BCUT2D eigenvalue weighted by Gasteiger charge is 2.08. The molecule has 0 aliphatic carbocycles. The van der Waals surface area contributed by atoms with Gasteiger partial charge < -0.3 is 5.73 Å². The number of hydrogen-bond donors (Lipinski definition) is 1. The number of halogens is 2. The highest BCUT2D eigenvalue weighted by molar-refractivity contribution is 6.32. The van der Waals surface area contributed by atoms with Crippen molar-refractivity contribution in [2.75, 3.05) is 5.73 Å². The summed E-state index contributed by atoms with van der Waals surface area (Å²) in [6.07, 6.45) is 1.81. The third-order valence-electron chi connectivity index (χ3n) is 2.85. The van der Waals surface area contributed by atoms with E-state index in [4.69, 9.17) is 28.9 Å². The van der Waals surface area contributed by atoms with Gasteiger partial charge in [-0.3, -0.25) is 0 Å². The van der Waals surface area contributed by atoms with Crippen LogP contribution in [0.1, 0.15) is 0 Å². The molecule has 3 rings (SSSR count). The third kappa shape index (κ3) is 2.48. The van der Waals surface area contributed by atoms with Crippen LogP contribution in [0.3, 0.4) is 0 Å². The highest BCUT2D eigenvalue weighted by atomic mass is 35.5. The molecule has 4 nitrogen and oxygen atoms in total. The number of hydrogen-bond acceptors (Lipinski definition) is 3. The van der Waals surface area contributed by atoms with Gasteiger partial charge in [0, 0.05) is 16.3 Å². The molecule has 1 aromatic heterocycles. The average Bonchev–Trinajstić information content (AvgIpc) is 2.89. The van der Waals surface area contributed by atoms with Crippen molar-refractivity contribution in [3.63, 3.8) is 0 Å². The fourth-order valence-corrected chi connectivity index (χ4v) is 2.24. The van der Waals surface area contributed by atoms with Gasteiger partial charge in [0.1, 0.15) is 5.69 Å². The lowest BCUT2D eigenvalue weighted by molar-refractivity contribution is 0.804. The van der Waals surface area contributed by atoms with Crippen LogP contribution < -0.4 is 5.73 Å². The number of nitrogen functional groups attached to an aromatic ring is 1. The molecule has 20 heavy (non-hydrogen) atoms. The largest absolute Gasteiger partial charge is 0.399 e. The Balaban J connectivity index is 1.99. The molecular weight excluding hydrogens is 295 g/mol. The van der Waals surface area contributed by atoms with Crippen molar-refractivity contribution >= 4 is 28.9 Å². The average molecular weight is 305 g/mol. The van der Waals surface area contributed by atoms with E-state index in [1.165, 1.54) is 0 Å². The third-order valence-corrected chi connectivity index (χ3v) is 3.41. The van der Waals surface area contributed by atoms with Crippen molar-refractivity contribution in [1.82, 2.24) is 15.0 Å². The van der Waals surface area contributed by atoms with Gasteiger partial charge in [-0.15, -0.1) is 5.10 Å². The van der Waals surface area contributed by atoms with Crippen LogP contribution in [-0.2, 0) is 0 Å². The fraction of sp³-hybridized carbons (Fsp3) is 0. The maximum atomic E-state index is 6.15. The molecule has 0 amide bonds. The molecule has 0 saturated heterocycles. The molecule has 6 heteroatoms. The lowest BCUT2D eigenvalue weighted by Crippen LogP contribution is -1.96. The van der Waals surface area contributed by atoms with Crippen LogP contribution in [0.2, 0.25) is 10.0 Å². The zero-order chi connectivity index (χ0) is 14.1. The van der Waals surface area contributed by atoms with Crippen LogP contribution in [-0.4, -0.2) is 15.0 Å². The Morgan fingerprint density at radius 1 is 1.00 bits per heavy atom. The Hall–Kier alpha value is -2.04. The van der Waals surface area contributed by atoms with Crippen molar-refractivity contribution in [3.8, 4) is 16.9 Å². The predicted octanol–water partition coefficient (Wildman–Crippen LogP) is 3.82. The minimum Gasteiger partial charge on any atom is -0.399 e. The minimum atomic E-state index is 0.526. The summed E-state index contributed by atoms with van der Waals surface area (Å²) in [6.45, 7) is 0. The molecule has 0 fully saturated rings. The summed E-state index contributed by atoms with van der Waals surface area (Å²) in [4.78, 5) is 0. The van der Waals surface area contributed by atoms with E-state index in [1.807, 2.05) is 24.3 Å². The molecule has 0 atom stereocenters. The Morgan fingerprint density at radius 2 is 1.75 bits per heavy atom. The first-order valence-electron chi connectivity index (χ1n) is 5.87. The molecule has 2 N–H and O–H groups in total. The maximum absolute atomic E-state index is 6.15. The quantitative estimate of drug-likeness (QED) is 0.732. The van der Waals surface area contributed by atoms with Crippen molar-refractivity contribution in [2.45, 2.75) is 0 Å². The Kier molecular flexibility index (Phi) is 3.34. The summed E-state index contributed by atoms with van der Waals surface area (Å²) >= 11 is 12.0. The molecule has 0 aliphatic heterocycles. The number of anilines is 1. The Bertz CT molecular complexity index is 750. The number of rotatable bonds is 2. The van der Waals surface area contributed by atoms with Crippen LogP contribution in [0.25, 0.3) is 16.9 Å². The first-order chi connectivity index (χ1) is 9.63. The maximum Gasteiger partial charge on any atom is 0.113 e. The van der Waals surface area contributed by atoms with Gasteiger partial charge in [0.05, 0.1) is 16.9 Å². The zero-order valence-corrected chi connectivity index (χ0v) is 11.8. The number of aromatic nitrogens is 3. The summed E-state index contributed by atoms with van der Waals surface area (Å²) in [5, 5.41) is 9.43. The molecule has 1 heterocycles. The van der Waals surface area contributed by atoms with Crippen LogP contribution >= 0.6 is 23.2 Å². The van der Waals surface area contributed by atoms with E-state index in [-0.39, 0.29) is 0 Å². The summed E-state index contributed by atoms with van der Waals surface area (Å²) in [5.41, 5.74) is 8.69. The first-order valence-corrected chi connectivity index (χ1v) is 6.63. The summed E-state index contributed by atoms with van der Waals surface area (Å²) in [5.74, 6) is 0. The lowest BCUT2D eigenvalue weighted by atomic mass is 10.2. The van der Waals surface area contributed by atoms with Crippen LogP contribution in [0.5, 0.6) is 0 Å².